The van der Waals surface area contributed by atoms with E-state index >= 15 is 0 Å². The zero-order valence-corrected chi connectivity index (χ0v) is 12.8. The van der Waals surface area contributed by atoms with Crippen molar-refractivity contribution in [1.29, 1.82) is 0 Å². The van der Waals surface area contributed by atoms with Gasteiger partial charge in [0.25, 0.3) is 5.56 Å². The summed E-state index contributed by atoms with van der Waals surface area (Å²) in [5.74, 6) is -0.803. The first-order valence-corrected chi connectivity index (χ1v) is 7.06. The van der Waals surface area contributed by atoms with Crippen molar-refractivity contribution in [3.8, 4) is 0 Å². The lowest BCUT2D eigenvalue weighted by Gasteiger charge is -2.11. The predicted octanol–water partition coefficient (Wildman–Crippen LogP) is 0.424. The van der Waals surface area contributed by atoms with Crippen LogP contribution in [0.5, 0.6) is 0 Å². The fourth-order valence-electron chi connectivity index (χ4n) is 2.50. The molecule has 0 radical (unpaired) electrons. The van der Waals surface area contributed by atoms with E-state index in [0.717, 1.165) is 4.57 Å². The summed E-state index contributed by atoms with van der Waals surface area (Å²) in [5, 5.41) is 9.26. The minimum absolute atomic E-state index is 0.0149. The molecule has 3 N–H and O–H groups in total. The van der Waals surface area contributed by atoms with Gasteiger partial charge in [0.15, 0.2) is 0 Å². The van der Waals surface area contributed by atoms with E-state index in [2.05, 4.69) is 4.98 Å². The number of carboxylic acid groups (broad SMARTS) is 1. The molecule has 0 atom stereocenters. The van der Waals surface area contributed by atoms with E-state index in [4.69, 9.17) is 10.8 Å². The number of anilines is 1. The van der Waals surface area contributed by atoms with Crippen LogP contribution in [0.15, 0.2) is 46.1 Å². The number of pyridine rings is 1. The Morgan fingerprint density at radius 2 is 2.00 bits per heavy atom. The third-order valence-electron chi connectivity index (χ3n) is 3.79. The van der Waals surface area contributed by atoms with E-state index in [9.17, 15) is 14.4 Å². The molecular formula is C16H14N4O4. The number of fused-ring (bicyclic) bond motifs is 1. The molecule has 2 heterocycles. The number of nitrogen functional groups attached to an aromatic ring is 1. The van der Waals surface area contributed by atoms with Crippen molar-refractivity contribution in [2.24, 2.45) is 7.05 Å². The van der Waals surface area contributed by atoms with Gasteiger partial charge in [-0.15, -0.1) is 0 Å². The molecule has 0 aliphatic heterocycles. The Balaban J connectivity index is 2.24. The van der Waals surface area contributed by atoms with Crippen molar-refractivity contribution in [1.82, 2.24) is 14.1 Å². The van der Waals surface area contributed by atoms with Gasteiger partial charge in [-0.2, -0.15) is 0 Å². The number of nitrogens with two attached hydrogens (primary N) is 1. The minimum atomic E-state index is -1.14. The second-order valence-electron chi connectivity index (χ2n) is 5.36. The molecule has 3 aromatic rings. The molecular weight excluding hydrogens is 312 g/mol. The third kappa shape index (κ3) is 2.54. The maximum absolute atomic E-state index is 12.7. The van der Waals surface area contributed by atoms with Gasteiger partial charge >= 0.3 is 11.7 Å². The van der Waals surface area contributed by atoms with E-state index in [0.29, 0.717) is 16.9 Å². The number of aryl methyl sites for hydroxylation is 1. The van der Waals surface area contributed by atoms with Gasteiger partial charge in [0.2, 0.25) is 0 Å². The normalized spacial score (nSPS) is 10.9. The van der Waals surface area contributed by atoms with Crippen molar-refractivity contribution < 1.29 is 9.90 Å². The highest BCUT2D eigenvalue weighted by atomic mass is 16.4. The molecule has 0 aliphatic carbocycles. The van der Waals surface area contributed by atoms with Crippen molar-refractivity contribution in [2.75, 3.05) is 5.73 Å². The van der Waals surface area contributed by atoms with Gasteiger partial charge in [-0.3, -0.25) is 13.9 Å². The Labute approximate surface area is 135 Å². The molecule has 0 amide bonds. The van der Waals surface area contributed by atoms with Crippen LogP contribution in [0.1, 0.15) is 15.9 Å². The number of carbonyl (C=O) groups is 1. The molecule has 24 heavy (non-hydrogen) atoms. The first-order valence-electron chi connectivity index (χ1n) is 7.06. The van der Waals surface area contributed by atoms with Gasteiger partial charge in [0, 0.05) is 13.2 Å². The van der Waals surface area contributed by atoms with Crippen LogP contribution in [0.3, 0.4) is 0 Å². The Kier molecular flexibility index (Phi) is 3.64. The van der Waals surface area contributed by atoms with Crippen LogP contribution in [0.4, 0.5) is 5.82 Å². The maximum Gasteiger partial charge on any atom is 0.335 e. The van der Waals surface area contributed by atoms with Crippen LogP contribution in [-0.4, -0.2) is 25.2 Å². The van der Waals surface area contributed by atoms with Crippen molar-refractivity contribution in [3.05, 3.63) is 68.5 Å². The summed E-state index contributed by atoms with van der Waals surface area (Å²) in [6.07, 6.45) is 1.49. The highest BCUT2D eigenvalue weighted by Crippen LogP contribution is 2.11. The van der Waals surface area contributed by atoms with E-state index in [1.165, 1.54) is 36.0 Å². The maximum atomic E-state index is 12.7. The lowest BCUT2D eigenvalue weighted by Crippen LogP contribution is -2.39. The summed E-state index contributed by atoms with van der Waals surface area (Å²) in [7, 11) is 1.53. The van der Waals surface area contributed by atoms with E-state index in [1.807, 2.05) is 0 Å². The number of carboxylic acids is 1. The molecule has 0 spiro atoms. The molecule has 0 aliphatic rings. The van der Waals surface area contributed by atoms with Gasteiger partial charge in [-0.1, -0.05) is 6.07 Å². The van der Waals surface area contributed by atoms with E-state index in [1.54, 1.807) is 12.1 Å². The predicted molar refractivity (Wildman–Crippen MR) is 88.2 cm³/mol. The summed E-state index contributed by atoms with van der Waals surface area (Å²) in [6, 6.07) is 7.34. The number of hydrogen-bond acceptors (Lipinski definition) is 5. The molecule has 0 bridgehead atoms. The van der Waals surface area contributed by atoms with Crippen LogP contribution < -0.4 is 17.0 Å². The van der Waals surface area contributed by atoms with Gasteiger partial charge < -0.3 is 10.8 Å². The second-order valence-corrected chi connectivity index (χ2v) is 5.36. The Bertz CT molecular complexity index is 1060. The largest absolute Gasteiger partial charge is 0.478 e. The summed E-state index contributed by atoms with van der Waals surface area (Å²) < 4.78 is 2.36. The summed E-state index contributed by atoms with van der Waals surface area (Å²) >= 11 is 0. The molecule has 8 heteroatoms. The Morgan fingerprint density at radius 1 is 1.25 bits per heavy atom. The van der Waals surface area contributed by atoms with E-state index in [-0.39, 0.29) is 17.5 Å². The number of aromatic carboxylic acids is 1. The van der Waals surface area contributed by atoms with Gasteiger partial charge in [-0.05, 0) is 29.8 Å². The molecule has 0 saturated heterocycles. The molecule has 0 saturated carbocycles. The summed E-state index contributed by atoms with van der Waals surface area (Å²) in [4.78, 5) is 40.2. The molecule has 0 fully saturated rings. The monoisotopic (exact) mass is 326 g/mol. The summed E-state index contributed by atoms with van der Waals surface area (Å²) in [6.45, 7) is 0.0199. The van der Waals surface area contributed by atoms with Gasteiger partial charge in [-0.25, -0.2) is 14.6 Å². The molecule has 122 valence electrons. The highest BCUT2D eigenvalue weighted by Gasteiger charge is 2.14. The number of nitrogens with zero attached hydrogens (tertiary/aromatic N) is 3. The van der Waals surface area contributed by atoms with E-state index < -0.39 is 17.2 Å². The molecule has 2 aromatic heterocycles. The SMILES string of the molecule is Cn1c(=O)n(Cc2ccc(N)nc2)c(=O)c2cc(C(=O)O)ccc21. The van der Waals surface area contributed by atoms with Crippen LogP contribution in [0.2, 0.25) is 0 Å². The number of aromatic nitrogens is 3. The average Bonchev–Trinajstić information content (AvgIpc) is 2.58. The minimum Gasteiger partial charge on any atom is -0.478 e. The van der Waals surface area contributed by atoms with Crippen molar-refractivity contribution >= 4 is 22.7 Å². The topological polar surface area (TPSA) is 120 Å². The van der Waals surface area contributed by atoms with Crippen LogP contribution in [0, 0.1) is 0 Å². The second kappa shape index (κ2) is 5.65. The highest BCUT2D eigenvalue weighted by molar-refractivity contribution is 5.93. The third-order valence-corrected chi connectivity index (χ3v) is 3.79. The first kappa shape index (κ1) is 15.5. The smallest absolute Gasteiger partial charge is 0.335 e. The summed E-state index contributed by atoms with van der Waals surface area (Å²) in [5.41, 5.74) is 5.48. The average molecular weight is 326 g/mol. The van der Waals surface area contributed by atoms with Crippen molar-refractivity contribution in [2.45, 2.75) is 6.54 Å². The van der Waals surface area contributed by atoms with Crippen molar-refractivity contribution in [3.63, 3.8) is 0 Å². The van der Waals surface area contributed by atoms with Crippen LogP contribution >= 0.6 is 0 Å². The fourth-order valence-corrected chi connectivity index (χ4v) is 2.50. The quantitative estimate of drug-likeness (QED) is 0.720. The lowest BCUT2D eigenvalue weighted by atomic mass is 10.1. The molecule has 8 nitrogen and oxygen atoms in total. The number of benzene rings is 1. The molecule has 1 aromatic carbocycles. The Morgan fingerprint density at radius 3 is 2.62 bits per heavy atom. The fraction of sp³-hybridized carbons (Fsp3) is 0.125. The molecule has 3 rings (SSSR count). The number of hydrogen-bond donors (Lipinski definition) is 2. The zero-order chi connectivity index (χ0) is 17.4. The number of rotatable bonds is 3. The van der Waals surface area contributed by atoms with Gasteiger partial charge in [0.1, 0.15) is 5.82 Å². The standard InChI is InChI=1S/C16H14N4O4/c1-19-12-4-3-10(15(22)23)6-11(12)14(21)20(16(19)24)8-9-2-5-13(17)18-7-9/h2-7H,8H2,1H3,(H2,17,18)(H,22,23). The first-order chi connectivity index (χ1) is 11.4. The lowest BCUT2D eigenvalue weighted by molar-refractivity contribution is 0.0697. The van der Waals surface area contributed by atoms with Gasteiger partial charge in [0.05, 0.1) is 23.0 Å². The molecule has 0 unspecified atom stereocenters. The zero-order valence-electron chi connectivity index (χ0n) is 12.8. The van der Waals surface area contributed by atoms with Crippen LogP contribution in [0.25, 0.3) is 10.9 Å². The van der Waals surface area contributed by atoms with Crippen LogP contribution in [-0.2, 0) is 13.6 Å². The Hall–Kier alpha value is -3.42.